The Bertz CT molecular complexity index is 61.7. The zero-order chi connectivity index (χ0) is 7.11. The molecule has 0 unspecified atom stereocenters. The SMILES string of the molecule is CCCC[NH2+]CC(O)O.[Br-]. The molecule has 4 heteroatoms. The van der Waals surface area contributed by atoms with E-state index in [0.29, 0.717) is 6.54 Å². The Morgan fingerprint density at radius 3 is 2.40 bits per heavy atom. The summed E-state index contributed by atoms with van der Waals surface area (Å²) in [6.07, 6.45) is 1.16. The highest BCUT2D eigenvalue weighted by Gasteiger charge is 1.96. The highest BCUT2D eigenvalue weighted by atomic mass is 79.9. The van der Waals surface area contributed by atoms with Crippen LogP contribution < -0.4 is 22.3 Å². The average molecular weight is 214 g/mol. The van der Waals surface area contributed by atoms with Crippen molar-refractivity contribution in [2.75, 3.05) is 13.1 Å². The molecule has 64 valence electrons. The molecule has 0 saturated heterocycles. The van der Waals surface area contributed by atoms with Crippen molar-refractivity contribution in [3.63, 3.8) is 0 Å². The van der Waals surface area contributed by atoms with Crippen LogP contribution in [0.3, 0.4) is 0 Å². The summed E-state index contributed by atoms with van der Waals surface area (Å²) >= 11 is 0. The third-order valence-corrected chi connectivity index (χ3v) is 1.14. The Balaban J connectivity index is 0. The van der Waals surface area contributed by atoms with Gasteiger partial charge in [0, 0.05) is 0 Å². The number of quaternary nitrogens is 1. The van der Waals surface area contributed by atoms with Crippen molar-refractivity contribution in [1.29, 1.82) is 0 Å². The molecule has 0 aliphatic heterocycles. The Morgan fingerprint density at radius 2 is 2.00 bits per heavy atom. The standard InChI is InChI=1S/C6H15NO2.BrH/c1-2-3-4-7-5-6(8)9;/h6-9H,2-5H2,1H3;1H. The Kier molecular flexibility index (Phi) is 12.2. The molecule has 0 rings (SSSR count). The van der Waals surface area contributed by atoms with Crippen molar-refractivity contribution in [2.24, 2.45) is 0 Å². The third-order valence-electron chi connectivity index (χ3n) is 1.14. The van der Waals surface area contributed by atoms with Gasteiger partial charge >= 0.3 is 0 Å². The molecule has 0 aromatic carbocycles. The lowest BCUT2D eigenvalue weighted by atomic mass is 10.3. The minimum absolute atomic E-state index is 0. The van der Waals surface area contributed by atoms with E-state index in [1.807, 2.05) is 5.32 Å². The molecule has 0 aromatic rings. The van der Waals surface area contributed by atoms with Gasteiger partial charge in [-0.2, -0.15) is 0 Å². The van der Waals surface area contributed by atoms with Crippen LogP contribution in [0.5, 0.6) is 0 Å². The summed E-state index contributed by atoms with van der Waals surface area (Å²) in [5.74, 6) is 0. The van der Waals surface area contributed by atoms with Crippen LogP contribution in [0.4, 0.5) is 0 Å². The third kappa shape index (κ3) is 11.2. The summed E-state index contributed by atoms with van der Waals surface area (Å²) in [6, 6.07) is 0. The van der Waals surface area contributed by atoms with Crippen LogP contribution in [0.2, 0.25) is 0 Å². The second-order valence-electron chi connectivity index (χ2n) is 2.15. The van der Waals surface area contributed by atoms with Crippen LogP contribution in [-0.2, 0) is 0 Å². The van der Waals surface area contributed by atoms with Crippen molar-refractivity contribution in [2.45, 2.75) is 26.1 Å². The van der Waals surface area contributed by atoms with Crippen molar-refractivity contribution in [3.05, 3.63) is 0 Å². The summed E-state index contributed by atoms with van der Waals surface area (Å²) in [5.41, 5.74) is 0. The molecule has 0 aliphatic rings. The average Bonchev–Trinajstić information content (AvgIpc) is 1.80. The number of hydrogen-bond donors (Lipinski definition) is 3. The van der Waals surface area contributed by atoms with E-state index in [2.05, 4.69) is 6.92 Å². The Labute approximate surface area is 72.2 Å². The molecule has 0 aromatic heterocycles. The number of nitrogens with two attached hydrogens (primary N) is 1. The van der Waals surface area contributed by atoms with Crippen LogP contribution in [0.25, 0.3) is 0 Å². The molecular weight excluding hydrogens is 198 g/mol. The predicted octanol–water partition coefficient (Wildman–Crippen LogP) is -4.34. The Morgan fingerprint density at radius 1 is 1.40 bits per heavy atom. The van der Waals surface area contributed by atoms with Crippen molar-refractivity contribution in [1.82, 2.24) is 0 Å². The van der Waals surface area contributed by atoms with Crippen LogP contribution in [-0.4, -0.2) is 29.6 Å². The lowest BCUT2D eigenvalue weighted by Crippen LogP contribution is -3.00. The second kappa shape index (κ2) is 9.36. The first-order valence-corrected chi connectivity index (χ1v) is 3.45. The lowest BCUT2D eigenvalue weighted by molar-refractivity contribution is -0.667. The molecule has 0 fully saturated rings. The zero-order valence-electron chi connectivity index (χ0n) is 6.26. The molecular formula is C6H16BrNO2. The second-order valence-corrected chi connectivity index (χ2v) is 2.15. The molecule has 10 heavy (non-hydrogen) atoms. The van der Waals surface area contributed by atoms with Crippen LogP contribution >= 0.6 is 0 Å². The van der Waals surface area contributed by atoms with Gasteiger partial charge in [-0.25, -0.2) is 0 Å². The van der Waals surface area contributed by atoms with E-state index in [1.54, 1.807) is 0 Å². The first-order chi connectivity index (χ1) is 4.27. The van der Waals surface area contributed by atoms with Crippen molar-refractivity contribution in [3.8, 4) is 0 Å². The van der Waals surface area contributed by atoms with Crippen molar-refractivity contribution < 1.29 is 32.5 Å². The first kappa shape index (κ1) is 13.0. The van der Waals surface area contributed by atoms with E-state index in [0.717, 1.165) is 19.4 Å². The van der Waals surface area contributed by atoms with Gasteiger partial charge in [-0.05, 0) is 6.42 Å². The van der Waals surface area contributed by atoms with E-state index >= 15 is 0 Å². The van der Waals surface area contributed by atoms with Gasteiger partial charge in [-0.3, -0.25) is 0 Å². The normalized spacial score (nSPS) is 9.60. The fourth-order valence-corrected chi connectivity index (χ4v) is 0.615. The number of hydrogen-bond acceptors (Lipinski definition) is 2. The highest BCUT2D eigenvalue weighted by molar-refractivity contribution is 4.28. The maximum Gasteiger partial charge on any atom is 0.202 e. The van der Waals surface area contributed by atoms with Crippen molar-refractivity contribution >= 4 is 0 Å². The molecule has 0 spiro atoms. The van der Waals surface area contributed by atoms with E-state index < -0.39 is 6.29 Å². The molecule has 0 saturated carbocycles. The molecule has 4 N–H and O–H groups in total. The summed E-state index contributed by atoms with van der Waals surface area (Å²) in [7, 11) is 0. The molecule has 0 radical (unpaired) electrons. The number of rotatable bonds is 5. The van der Waals surface area contributed by atoms with Gasteiger partial charge in [-0.1, -0.05) is 13.3 Å². The van der Waals surface area contributed by atoms with Gasteiger partial charge in [0.2, 0.25) is 6.29 Å². The fraction of sp³-hybridized carbons (Fsp3) is 1.00. The monoisotopic (exact) mass is 213 g/mol. The molecule has 0 amide bonds. The molecule has 0 heterocycles. The number of aliphatic hydroxyl groups excluding tert-OH is 1. The molecule has 3 nitrogen and oxygen atoms in total. The van der Waals surface area contributed by atoms with Gasteiger partial charge < -0.3 is 32.5 Å². The quantitative estimate of drug-likeness (QED) is 0.320. The van der Waals surface area contributed by atoms with Crippen LogP contribution in [0, 0.1) is 0 Å². The van der Waals surface area contributed by atoms with E-state index in [-0.39, 0.29) is 17.0 Å². The molecule has 0 aliphatic carbocycles. The van der Waals surface area contributed by atoms with E-state index in [1.165, 1.54) is 0 Å². The molecule has 0 atom stereocenters. The minimum Gasteiger partial charge on any atom is -1.00 e. The number of halogens is 1. The topological polar surface area (TPSA) is 57.1 Å². The molecule has 0 bridgehead atoms. The van der Waals surface area contributed by atoms with Gasteiger partial charge in [0.05, 0.1) is 6.54 Å². The Hall–Kier alpha value is 0.360. The smallest absolute Gasteiger partial charge is 0.202 e. The van der Waals surface area contributed by atoms with Crippen LogP contribution in [0.15, 0.2) is 0 Å². The first-order valence-electron chi connectivity index (χ1n) is 3.45. The van der Waals surface area contributed by atoms with Gasteiger partial charge in [0.1, 0.15) is 6.54 Å². The van der Waals surface area contributed by atoms with Gasteiger partial charge in [0.15, 0.2) is 0 Å². The lowest BCUT2D eigenvalue weighted by Gasteiger charge is -2.00. The minimum atomic E-state index is -1.15. The van der Waals surface area contributed by atoms with E-state index in [4.69, 9.17) is 10.2 Å². The summed E-state index contributed by atoms with van der Waals surface area (Å²) in [4.78, 5) is 0. The highest BCUT2D eigenvalue weighted by Crippen LogP contribution is 1.77. The largest absolute Gasteiger partial charge is 1.00 e. The number of aliphatic hydroxyl groups is 2. The number of unbranched alkanes of at least 4 members (excludes halogenated alkanes) is 1. The maximum absolute atomic E-state index is 8.38. The maximum atomic E-state index is 8.38. The zero-order valence-corrected chi connectivity index (χ0v) is 7.84. The summed E-state index contributed by atoms with van der Waals surface area (Å²) in [5, 5.41) is 18.7. The predicted molar refractivity (Wildman–Crippen MR) is 34.8 cm³/mol. The fourth-order valence-electron chi connectivity index (χ4n) is 0.615. The summed E-state index contributed by atoms with van der Waals surface area (Å²) < 4.78 is 0. The summed E-state index contributed by atoms with van der Waals surface area (Å²) in [6.45, 7) is 3.51. The van der Waals surface area contributed by atoms with Gasteiger partial charge in [0.25, 0.3) is 0 Å². The van der Waals surface area contributed by atoms with E-state index in [9.17, 15) is 0 Å². The van der Waals surface area contributed by atoms with Gasteiger partial charge in [-0.15, -0.1) is 0 Å². The van der Waals surface area contributed by atoms with Crippen LogP contribution in [0.1, 0.15) is 19.8 Å².